The Morgan fingerprint density at radius 3 is 1.69 bits per heavy atom. The van der Waals surface area contributed by atoms with Crippen molar-refractivity contribution in [1.29, 1.82) is 0 Å². The van der Waals surface area contributed by atoms with E-state index in [0.29, 0.717) is 26.2 Å². The zero-order valence-electron chi connectivity index (χ0n) is 22.2. The van der Waals surface area contributed by atoms with Crippen molar-refractivity contribution in [3.63, 3.8) is 0 Å². The molecule has 0 aliphatic carbocycles. The van der Waals surface area contributed by atoms with Crippen LogP contribution in [0.15, 0.2) is 0 Å². The first-order valence-electron chi connectivity index (χ1n) is 12.5. The molecule has 0 aromatic carbocycles. The summed E-state index contributed by atoms with van der Waals surface area (Å²) in [6, 6.07) is -1.34. The molecule has 16 nitrogen and oxygen atoms in total. The highest BCUT2D eigenvalue weighted by Crippen LogP contribution is 1.98. The summed E-state index contributed by atoms with van der Waals surface area (Å²) in [5.41, 5.74) is 0. The van der Waals surface area contributed by atoms with Gasteiger partial charge in [0.2, 0.25) is 23.6 Å². The number of carbonyl (C=O) groups excluding carboxylic acids is 4. The van der Waals surface area contributed by atoms with Crippen LogP contribution in [0.25, 0.3) is 0 Å². The molecule has 0 bridgehead atoms. The second kappa shape index (κ2) is 23.8. The summed E-state index contributed by atoms with van der Waals surface area (Å²) in [5.74, 6) is -4.28. The molecule has 0 radical (unpaired) electrons. The number of carbonyl (C=O) groups is 6. The Morgan fingerprint density at radius 2 is 1.15 bits per heavy atom. The topological polar surface area (TPSA) is 228 Å². The molecule has 16 heteroatoms. The van der Waals surface area contributed by atoms with Gasteiger partial charge in [-0.05, 0) is 12.8 Å². The number of carboxylic acids is 2. The van der Waals surface area contributed by atoms with Crippen molar-refractivity contribution in [2.24, 2.45) is 0 Å². The monoisotopic (exact) mass is 564 g/mol. The van der Waals surface area contributed by atoms with Crippen molar-refractivity contribution < 1.29 is 57.9 Å². The predicted octanol–water partition coefficient (Wildman–Crippen LogP) is -2.36. The second-order valence-corrected chi connectivity index (χ2v) is 7.95. The molecule has 0 aromatic rings. The largest absolute Gasteiger partial charge is 0.480 e. The van der Waals surface area contributed by atoms with Gasteiger partial charge in [0.25, 0.3) is 0 Å². The summed E-state index contributed by atoms with van der Waals surface area (Å²) in [7, 11) is 0. The number of hydrogen-bond donors (Lipinski definition) is 6. The van der Waals surface area contributed by atoms with Gasteiger partial charge in [0.1, 0.15) is 25.8 Å². The van der Waals surface area contributed by atoms with E-state index in [-0.39, 0.29) is 64.2 Å². The van der Waals surface area contributed by atoms with Crippen LogP contribution in [0.2, 0.25) is 0 Å². The zero-order valence-corrected chi connectivity index (χ0v) is 22.2. The smallest absolute Gasteiger partial charge is 0.326 e. The first-order chi connectivity index (χ1) is 18.6. The molecule has 0 heterocycles. The van der Waals surface area contributed by atoms with E-state index in [2.05, 4.69) is 21.3 Å². The lowest BCUT2D eigenvalue weighted by Gasteiger charge is -2.14. The predicted molar refractivity (Wildman–Crippen MR) is 134 cm³/mol. The van der Waals surface area contributed by atoms with Crippen molar-refractivity contribution >= 4 is 35.6 Å². The Labute approximate surface area is 226 Å². The normalized spacial score (nSPS) is 11.3. The average molecular weight is 565 g/mol. The quantitative estimate of drug-likeness (QED) is 0.0640. The van der Waals surface area contributed by atoms with Gasteiger partial charge >= 0.3 is 11.9 Å². The van der Waals surface area contributed by atoms with Crippen LogP contribution in [0, 0.1) is 0 Å². The molecule has 6 N–H and O–H groups in total. The summed E-state index contributed by atoms with van der Waals surface area (Å²) in [6.45, 7) is 2.67. The van der Waals surface area contributed by atoms with E-state index in [4.69, 9.17) is 29.2 Å². The van der Waals surface area contributed by atoms with Crippen molar-refractivity contribution in [1.82, 2.24) is 21.3 Å². The van der Waals surface area contributed by atoms with E-state index < -0.39 is 42.9 Å². The molecule has 39 heavy (non-hydrogen) atoms. The Morgan fingerprint density at radius 1 is 0.641 bits per heavy atom. The number of carboxylic acid groups (broad SMARTS) is 2. The van der Waals surface area contributed by atoms with Crippen LogP contribution in [-0.2, 0) is 47.7 Å². The van der Waals surface area contributed by atoms with Gasteiger partial charge < -0.3 is 50.4 Å². The Balaban J connectivity index is 3.68. The van der Waals surface area contributed by atoms with E-state index in [1.54, 1.807) is 0 Å². The van der Waals surface area contributed by atoms with Gasteiger partial charge in [0, 0.05) is 25.9 Å². The molecule has 0 aliphatic rings. The maximum atomic E-state index is 11.8. The van der Waals surface area contributed by atoms with Crippen molar-refractivity contribution in [2.75, 3.05) is 72.5 Å². The van der Waals surface area contributed by atoms with Crippen LogP contribution in [0.4, 0.5) is 0 Å². The van der Waals surface area contributed by atoms with Crippen LogP contribution >= 0.6 is 0 Å². The number of nitrogens with one attached hydrogen (secondary N) is 4. The molecule has 1 atom stereocenters. The SMILES string of the molecule is CCCC(=O)NCCOCCOCC(=O)NCCOCCOCC(=O)NC(CCC(=O)NCC(=O)O)C(=O)O. The third kappa shape index (κ3) is 23.5. The molecule has 0 spiro atoms. The highest BCUT2D eigenvalue weighted by atomic mass is 16.5. The van der Waals surface area contributed by atoms with Gasteiger partial charge in [-0.25, -0.2) is 4.79 Å². The first kappa shape index (κ1) is 35.7. The third-order valence-corrected chi connectivity index (χ3v) is 4.55. The molecule has 0 fully saturated rings. The third-order valence-electron chi connectivity index (χ3n) is 4.55. The van der Waals surface area contributed by atoms with Crippen molar-refractivity contribution in [2.45, 2.75) is 38.6 Å². The van der Waals surface area contributed by atoms with Crippen LogP contribution in [0.3, 0.4) is 0 Å². The van der Waals surface area contributed by atoms with Gasteiger partial charge in [0.05, 0.1) is 39.6 Å². The number of aliphatic carboxylic acids is 2. The first-order valence-corrected chi connectivity index (χ1v) is 12.5. The van der Waals surface area contributed by atoms with Gasteiger partial charge in [0.15, 0.2) is 0 Å². The lowest BCUT2D eigenvalue weighted by molar-refractivity contribution is -0.143. The minimum absolute atomic E-state index is 0.0154. The van der Waals surface area contributed by atoms with Crippen molar-refractivity contribution in [3.05, 3.63) is 0 Å². The number of amides is 4. The number of hydrogen-bond acceptors (Lipinski definition) is 10. The average Bonchev–Trinajstić information content (AvgIpc) is 2.88. The lowest BCUT2D eigenvalue weighted by Crippen LogP contribution is -2.43. The van der Waals surface area contributed by atoms with Crippen LogP contribution in [0.1, 0.15) is 32.6 Å². The molecule has 4 amide bonds. The molecule has 0 rings (SSSR count). The van der Waals surface area contributed by atoms with Gasteiger partial charge in [-0.15, -0.1) is 0 Å². The van der Waals surface area contributed by atoms with E-state index >= 15 is 0 Å². The van der Waals surface area contributed by atoms with Crippen LogP contribution < -0.4 is 21.3 Å². The molecular formula is C23H40N4O12. The maximum absolute atomic E-state index is 11.8. The highest BCUT2D eigenvalue weighted by molar-refractivity contribution is 5.85. The highest BCUT2D eigenvalue weighted by Gasteiger charge is 2.21. The summed E-state index contributed by atoms with van der Waals surface area (Å²) in [6.07, 6.45) is 0.768. The second-order valence-electron chi connectivity index (χ2n) is 7.95. The van der Waals surface area contributed by atoms with Gasteiger partial charge in [-0.3, -0.25) is 24.0 Å². The number of rotatable bonds is 25. The van der Waals surface area contributed by atoms with Gasteiger partial charge in [-0.1, -0.05) is 6.92 Å². The Kier molecular flexibility index (Phi) is 21.7. The van der Waals surface area contributed by atoms with Crippen molar-refractivity contribution in [3.8, 4) is 0 Å². The minimum Gasteiger partial charge on any atom is -0.480 e. The Bertz CT molecular complexity index is 765. The molecule has 0 saturated carbocycles. The minimum atomic E-state index is -1.34. The molecule has 0 aliphatic heterocycles. The fraction of sp³-hybridized carbons (Fsp3) is 0.739. The Hall–Kier alpha value is -3.34. The molecule has 0 saturated heterocycles. The standard InChI is InChI=1S/C23H40N4O12/c1-2-3-18(28)24-6-8-36-10-12-38-15-20(30)25-7-9-37-11-13-39-16-21(31)27-17(23(34)35)4-5-19(29)26-14-22(32)33/h17H,2-16H2,1H3,(H,24,28)(H,25,30)(H,26,29)(H,27,31)(H,32,33)(H,34,35). The summed E-state index contributed by atoms with van der Waals surface area (Å²) < 4.78 is 20.8. The van der Waals surface area contributed by atoms with E-state index in [1.807, 2.05) is 6.92 Å². The van der Waals surface area contributed by atoms with E-state index in [1.165, 1.54) is 0 Å². The molecular weight excluding hydrogens is 524 g/mol. The maximum Gasteiger partial charge on any atom is 0.326 e. The molecule has 224 valence electrons. The zero-order chi connectivity index (χ0) is 29.3. The fourth-order valence-electron chi connectivity index (χ4n) is 2.69. The van der Waals surface area contributed by atoms with E-state index in [0.717, 1.165) is 6.42 Å². The summed E-state index contributed by atoms with van der Waals surface area (Å²) >= 11 is 0. The summed E-state index contributed by atoms with van der Waals surface area (Å²) in [4.78, 5) is 67.9. The van der Waals surface area contributed by atoms with Crippen LogP contribution in [0.5, 0.6) is 0 Å². The fourth-order valence-corrected chi connectivity index (χ4v) is 2.69. The van der Waals surface area contributed by atoms with Gasteiger partial charge in [-0.2, -0.15) is 0 Å². The molecule has 0 aromatic heterocycles. The molecule has 1 unspecified atom stereocenters. The van der Waals surface area contributed by atoms with Crippen LogP contribution in [-0.4, -0.2) is 124 Å². The van der Waals surface area contributed by atoms with E-state index in [9.17, 15) is 28.8 Å². The number of ether oxygens (including phenoxy) is 4. The lowest BCUT2D eigenvalue weighted by atomic mass is 10.1. The summed E-state index contributed by atoms with van der Waals surface area (Å²) in [5, 5.41) is 27.3.